The van der Waals surface area contributed by atoms with E-state index in [1.165, 1.54) is 64.3 Å². The van der Waals surface area contributed by atoms with E-state index < -0.39 is 0 Å². The van der Waals surface area contributed by atoms with Crippen LogP contribution >= 0.6 is 0 Å². The third kappa shape index (κ3) is 3.69. The third-order valence-electron chi connectivity index (χ3n) is 5.02. The monoisotopic (exact) mass is 238 g/mol. The van der Waals surface area contributed by atoms with Crippen molar-refractivity contribution in [3.05, 3.63) is 0 Å². The molecule has 0 bridgehead atoms. The van der Waals surface area contributed by atoms with Crippen LogP contribution in [-0.2, 0) is 0 Å². The Labute approximate surface area is 107 Å². The van der Waals surface area contributed by atoms with Crippen molar-refractivity contribution in [3.63, 3.8) is 0 Å². The zero-order valence-corrected chi connectivity index (χ0v) is 11.8. The van der Waals surface area contributed by atoms with E-state index >= 15 is 0 Å². The highest BCUT2D eigenvalue weighted by Crippen LogP contribution is 2.28. The van der Waals surface area contributed by atoms with Crippen LogP contribution in [0, 0.1) is 5.92 Å². The smallest absolute Gasteiger partial charge is 0.0220 e. The molecule has 2 heteroatoms. The lowest BCUT2D eigenvalue weighted by molar-refractivity contribution is 0.175. The summed E-state index contributed by atoms with van der Waals surface area (Å²) >= 11 is 0. The van der Waals surface area contributed by atoms with Gasteiger partial charge in [0.2, 0.25) is 0 Å². The van der Waals surface area contributed by atoms with E-state index in [2.05, 4.69) is 24.3 Å². The Morgan fingerprint density at radius 2 is 1.59 bits per heavy atom. The van der Waals surface area contributed by atoms with Gasteiger partial charge in [0.1, 0.15) is 0 Å². The van der Waals surface area contributed by atoms with E-state index in [0.29, 0.717) is 0 Å². The van der Waals surface area contributed by atoms with E-state index in [-0.39, 0.29) is 0 Å². The van der Waals surface area contributed by atoms with E-state index in [9.17, 15) is 0 Å². The molecule has 17 heavy (non-hydrogen) atoms. The number of rotatable bonds is 5. The van der Waals surface area contributed by atoms with Crippen LogP contribution in [0.15, 0.2) is 0 Å². The maximum absolute atomic E-state index is 3.58. The maximum Gasteiger partial charge on any atom is 0.0220 e. The molecule has 1 atom stereocenters. The number of hydrogen-bond donors (Lipinski definition) is 1. The van der Waals surface area contributed by atoms with Crippen LogP contribution in [0.4, 0.5) is 0 Å². The Kier molecular flexibility index (Phi) is 5.30. The molecule has 0 aromatic rings. The van der Waals surface area contributed by atoms with Crippen LogP contribution in [0.5, 0.6) is 0 Å². The molecule has 0 aromatic heterocycles. The second-order valence-electron chi connectivity index (χ2n) is 6.17. The minimum Gasteiger partial charge on any atom is -0.315 e. The first kappa shape index (κ1) is 13.4. The van der Waals surface area contributed by atoms with Gasteiger partial charge in [0.05, 0.1) is 0 Å². The summed E-state index contributed by atoms with van der Waals surface area (Å²) in [6.07, 6.45) is 13.0. The Morgan fingerprint density at radius 3 is 2.18 bits per heavy atom. The third-order valence-corrected chi connectivity index (χ3v) is 5.02. The van der Waals surface area contributed by atoms with E-state index in [4.69, 9.17) is 0 Å². The molecule has 2 nitrogen and oxygen atoms in total. The lowest BCUT2D eigenvalue weighted by atomic mass is 9.83. The highest BCUT2D eigenvalue weighted by atomic mass is 15.2. The predicted molar refractivity (Wildman–Crippen MR) is 74.3 cm³/mol. The average molecular weight is 238 g/mol. The fourth-order valence-electron chi connectivity index (χ4n) is 3.82. The van der Waals surface area contributed by atoms with Crippen molar-refractivity contribution in [2.75, 3.05) is 20.6 Å². The van der Waals surface area contributed by atoms with Crippen LogP contribution in [0.3, 0.4) is 0 Å². The molecular formula is C15H30N2. The Hall–Kier alpha value is -0.0800. The molecule has 2 saturated carbocycles. The molecule has 1 unspecified atom stereocenters. The topological polar surface area (TPSA) is 15.3 Å². The van der Waals surface area contributed by atoms with Crippen molar-refractivity contribution in [1.29, 1.82) is 0 Å². The molecule has 2 rings (SSSR count). The molecule has 100 valence electrons. The Morgan fingerprint density at radius 1 is 1.00 bits per heavy atom. The summed E-state index contributed by atoms with van der Waals surface area (Å²) in [4.78, 5) is 2.63. The minimum atomic E-state index is 0.723. The van der Waals surface area contributed by atoms with Crippen molar-refractivity contribution in [2.45, 2.75) is 69.9 Å². The van der Waals surface area contributed by atoms with E-state index in [1.807, 2.05) is 0 Å². The van der Waals surface area contributed by atoms with Crippen molar-refractivity contribution in [1.82, 2.24) is 10.2 Å². The van der Waals surface area contributed by atoms with Gasteiger partial charge in [0, 0.05) is 18.6 Å². The van der Waals surface area contributed by atoms with Crippen LogP contribution in [0.2, 0.25) is 0 Å². The van der Waals surface area contributed by atoms with Gasteiger partial charge in [-0.3, -0.25) is 0 Å². The minimum absolute atomic E-state index is 0.723. The van der Waals surface area contributed by atoms with Gasteiger partial charge in [-0.25, -0.2) is 0 Å². The quantitative estimate of drug-likeness (QED) is 0.792. The maximum atomic E-state index is 3.58. The first-order chi connectivity index (χ1) is 8.31. The standard InChI is InChI=1S/C15H30N2/c1-16-15(13-8-4-3-5-9-13)12-17(2)14-10-6-7-11-14/h13-16H,3-12H2,1-2H3. The highest BCUT2D eigenvalue weighted by molar-refractivity contribution is 4.84. The number of nitrogens with zero attached hydrogens (tertiary/aromatic N) is 1. The largest absolute Gasteiger partial charge is 0.315 e. The zero-order chi connectivity index (χ0) is 12.1. The summed E-state index contributed by atoms with van der Waals surface area (Å²) in [6, 6.07) is 1.59. The molecule has 1 N–H and O–H groups in total. The number of hydrogen-bond acceptors (Lipinski definition) is 2. The molecular weight excluding hydrogens is 208 g/mol. The molecule has 0 aromatic carbocycles. The zero-order valence-electron chi connectivity index (χ0n) is 11.8. The Balaban J connectivity index is 1.80. The van der Waals surface area contributed by atoms with E-state index in [0.717, 1.165) is 18.0 Å². The first-order valence-corrected chi connectivity index (χ1v) is 7.68. The van der Waals surface area contributed by atoms with Gasteiger partial charge in [-0.1, -0.05) is 32.1 Å². The van der Waals surface area contributed by atoms with Gasteiger partial charge in [0.25, 0.3) is 0 Å². The van der Waals surface area contributed by atoms with Gasteiger partial charge in [-0.2, -0.15) is 0 Å². The summed E-state index contributed by atoms with van der Waals surface area (Å²) in [5, 5.41) is 3.58. The normalized spacial score (nSPS) is 25.6. The first-order valence-electron chi connectivity index (χ1n) is 7.68. The predicted octanol–water partition coefficient (Wildman–Crippen LogP) is 3.03. The molecule has 0 radical (unpaired) electrons. The fourth-order valence-corrected chi connectivity index (χ4v) is 3.82. The van der Waals surface area contributed by atoms with Crippen molar-refractivity contribution >= 4 is 0 Å². The number of likely N-dealkylation sites (N-methyl/N-ethyl adjacent to an activating group) is 2. The van der Waals surface area contributed by atoms with Gasteiger partial charge in [0.15, 0.2) is 0 Å². The van der Waals surface area contributed by atoms with Crippen molar-refractivity contribution in [3.8, 4) is 0 Å². The Bertz CT molecular complexity index is 205. The lowest BCUT2D eigenvalue weighted by Crippen LogP contribution is -2.46. The van der Waals surface area contributed by atoms with Crippen molar-refractivity contribution in [2.24, 2.45) is 5.92 Å². The molecule has 0 aliphatic heterocycles. The molecule has 0 heterocycles. The second kappa shape index (κ2) is 6.75. The van der Waals surface area contributed by atoms with Crippen LogP contribution in [0.25, 0.3) is 0 Å². The van der Waals surface area contributed by atoms with Crippen LogP contribution < -0.4 is 5.32 Å². The highest BCUT2D eigenvalue weighted by Gasteiger charge is 2.26. The van der Waals surface area contributed by atoms with Gasteiger partial charge < -0.3 is 10.2 Å². The van der Waals surface area contributed by atoms with E-state index in [1.54, 1.807) is 0 Å². The van der Waals surface area contributed by atoms with Crippen molar-refractivity contribution < 1.29 is 0 Å². The summed E-state index contributed by atoms with van der Waals surface area (Å²) in [7, 11) is 4.49. The van der Waals surface area contributed by atoms with Crippen LogP contribution in [0.1, 0.15) is 57.8 Å². The van der Waals surface area contributed by atoms with Gasteiger partial charge >= 0.3 is 0 Å². The van der Waals surface area contributed by atoms with Crippen LogP contribution in [-0.4, -0.2) is 37.6 Å². The second-order valence-corrected chi connectivity index (χ2v) is 6.17. The summed E-state index contributed by atoms with van der Waals surface area (Å²) in [6.45, 7) is 1.26. The molecule has 2 aliphatic rings. The molecule has 0 amide bonds. The number of nitrogens with one attached hydrogen (secondary N) is 1. The summed E-state index contributed by atoms with van der Waals surface area (Å²) < 4.78 is 0. The molecule has 2 aliphatic carbocycles. The summed E-state index contributed by atoms with van der Waals surface area (Å²) in [5.41, 5.74) is 0. The molecule has 0 spiro atoms. The summed E-state index contributed by atoms with van der Waals surface area (Å²) in [5.74, 6) is 0.928. The SMILES string of the molecule is CNC(CN(C)C1CCCC1)C1CCCCC1. The molecule has 0 saturated heterocycles. The fraction of sp³-hybridized carbons (Fsp3) is 1.00. The lowest BCUT2D eigenvalue weighted by Gasteiger charge is -2.35. The average Bonchev–Trinajstić information content (AvgIpc) is 2.90. The molecule has 2 fully saturated rings. The van der Waals surface area contributed by atoms with Gasteiger partial charge in [-0.05, 0) is 45.7 Å². The van der Waals surface area contributed by atoms with Gasteiger partial charge in [-0.15, -0.1) is 0 Å².